The summed E-state index contributed by atoms with van der Waals surface area (Å²) in [6.07, 6.45) is 3.27. The molecule has 7 heteroatoms. The molecule has 2 aromatic rings. The maximum absolute atomic E-state index is 13.0. The summed E-state index contributed by atoms with van der Waals surface area (Å²) in [5.41, 5.74) is 1.86. The van der Waals surface area contributed by atoms with Crippen LogP contribution >= 0.6 is 0 Å². The molecule has 1 aliphatic rings. The van der Waals surface area contributed by atoms with Crippen molar-refractivity contribution in [2.75, 3.05) is 18.4 Å². The lowest BCUT2D eigenvalue weighted by Crippen LogP contribution is -2.45. The topological polar surface area (TPSA) is 78.5 Å². The third-order valence-electron chi connectivity index (χ3n) is 5.00. The van der Waals surface area contributed by atoms with Crippen molar-refractivity contribution in [3.05, 3.63) is 60.2 Å². The van der Waals surface area contributed by atoms with Crippen molar-refractivity contribution < 1.29 is 13.2 Å². The number of nitrogens with zero attached hydrogens (tertiary/aromatic N) is 1. The number of aryl methyl sites for hydroxylation is 1. The molecule has 150 valence electrons. The van der Waals surface area contributed by atoms with E-state index in [1.54, 1.807) is 28.6 Å². The van der Waals surface area contributed by atoms with Crippen LogP contribution in [0.25, 0.3) is 0 Å². The van der Waals surface area contributed by atoms with Gasteiger partial charge in [0.15, 0.2) is 0 Å². The Kier molecular flexibility index (Phi) is 6.70. The molecule has 2 aromatic carbocycles. The lowest BCUT2D eigenvalue weighted by Gasteiger charge is -2.34. The quantitative estimate of drug-likeness (QED) is 0.774. The van der Waals surface area contributed by atoms with E-state index in [-0.39, 0.29) is 12.1 Å². The number of nitrogens with one attached hydrogen (secondary N) is 2. The summed E-state index contributed by atoms with van der Waals surface area (Å²) in [7, 11) is -3.51. The van der Waals surface area contributed by atoms with Crippen LogP contribution in [0.2, 0.25) is 0 Å². The largest absolute Gasteiger partial charge is 0.338 e. The van der Waals surface area contributed by atoms with Crippen molar-refractivity contribution in [1.82, 2.24) is 9.62 Å². The van der Waals surface area contributed by atoms with Gasteiger partial charge in [0.2, 0.25) is 10.0 Å². The van der Waals surface area contributed by atoms with Gasteiger partial charge in [0, 0.05) is 24.8 Å². The molecule has 0 saturated carbocycles. The van der Waals surface area contributed by atoms with Crippen LogP contribution in [-0.4, -0.2) is 37.9 Å². The van der Waals surface area contributed by atoms with Gasteiger partial charge in [-0.05, 0) is 50.5 Å². The van der Waals surface area contributed by atoms with Crippen LogP contribution in [0.5, 0.6) is 0 Å². The lowest BCUT2D eigenvalue weighted by atomic mass is 10.0. The highest BCUT2D eigenvalue weighted by molar-refractivity contribution is 7.89. The summed E-state index contributed by atoms with van der Waals surface area (Å²) in [6, 6.07) is 15.7. The molecule has 1 saturated heterocycles. The molecule has 1 fully saturated rings. The molecule has 0 aromatic heterocycles. The summed E-state index contributed by atoms with van der Waals surface area (Å²) >= 11 is 0. The first kappa shape index (κ1) is 20.4. The number of piperidine rings is 1. The van der Waals surface area contributed by atoms with E-state index in [4.69, 9.17) is 0 Å². The zero-order valence-corrected chi connectivity index (χ0v) is 16.9. The van der Waals surface area contributed by atoms with Crippen LogP contribution in [0.1, 0.15) is 31.2 Å². The maximum atomic E-state index is 13.0. The number of carbonyl (C=O) groups is 1. The zero-order valence-electron chi connectivity index (χ0n) is 16.1. The van der Waals surface area contributed by atoms with Crippen molar-refractivity contribution in [2.45, 2.75) is 43.5 Å². The van der Waals surface area contributed by atoms with E-state index in [9.17, 15) is 13.2 Å². The van der Waals surface area contributed by atoms with Gasteiger partial charge in [0.25, 0.3) is 0 Å². The van der Waals surface area contributed by atoms with Gasteiger partial charge < -0.3 is 10.6 Å². The first-order valence-electron chi connectivity index (χ1n) is 9.65. The van der Waals surface area contributed by atoms with Crippen molar-refractivity contribution >= 4 is 21.7 Å². The van der Waals surface area contributed by atoms with Crippen LogP contribution in [0.4, 0.5) is 10.5 Å². The van der Waals surface area contributed by atoms with Gasteiger partial charge in [-0.1, -0.05) is 42.3 Å². The van der Waals surface area contributed by atoms with E-state index in [1.807, 2.05) is 37.3 Å². The Labute approximate surface area is 167 Å². The standard InChI is InChI=1S/C21H27N3O3S/c1-17-10-12-18(13-11-17)23-21(25)22-15-14-19-7-5-6-16-24(19)28(26,27)20-8-3-2-4-9-20/h2-4,8-13,19H,5-7,14-16H2,1H3,(H2,22,23,25)/t19-/m0/s1. The van der Waals surface area contributed by atoms with Gasteiger partial charge in [-0.25, -0.2) is 13.2 Å². The molecule has 2 N–H and O–H groups in total. The molecule has 28 heavy (non-hydrogen) atoms. The van der Waals surface area contributed by atoms with Gasteiger partial charge >= 0.3 is 6.03 Å². The Bertz CT molecular complexity index is 883. The Morgan fingerprint density at radius 2 is 1.79 bits per heavy atom. The maximum Gasteiger partial charge on any atom is 0.319 e. The molecular formula is C21H27N3O3S. The highest BCUT2D eigenvalue weighted by Crippen LogP contribution is 2.26. The van der Waals surface area contributed by atoms with Crippen molar-refractivity contribution in [3.63, 3.8) is 0 Å². The molecule has 2 amide bonds. The fourth-order valence-electron chi connectivity index (χ4n) is 3.47. The summed E-state index contributed by atoms with van der Waals surface area (Å²) in [4.78, 5) is 12.4. The average molecular weight is 402 g/mol. The number of sulfonamides is 1. The smallest absolute Gasteiger partial charge is 0.319 e. The predicted molar refractivity (Wildman–Crippen MR) is 111 cm³/mol. The van der Waals surface area contributed by atoms with Crippen LogP contribution in [0, 0.1) is 6.92 Å². The van der Waals surface area contributed by atoms with E-state index in [0.29, 0.717) is 24.4 Å². The molecule has 0 spiro atoms. The molecule has 1 atom stereocenters. The Morgan fingerprint density at radius 3 is 2.50 bits per heavy atom. The van der Waals surface area contributed by atoms with Gasteiger partial charge in [0.05, 0.1) is 4.90 Å². The van der Waals surface area contributed by atoms with Crippen LogP contribution < -0.4 is 10.6 Å². The molecule has 1 aliphatic heterocycles. The first-order chi connectivity index (χ1) is 13.5. The number of urea groups is 1. The highest BCUT2D eigenvalue weighted by Gasteiger charge is 2.33. The number of anilines is 1. The average Bonchev–Trinajstić information content (AvgIpc) is 2.71. The minimum Gasteiger partial charge on any atom is -0.338 e. The second kappa shape index (κ2) is 9.21. The minimum atomic E-state index is -3.51. The number of benzene rings is 2. The number of hydrogen-bond donors (Lipinski definition) is 2. The van der Waals surface area contributed by atoms with E-state index < -0.39 is 10.0 Å². The Balaban J connectivity index is 1.56. The molecular weight excluding hydrogens is 374 g/mol. The van der Waals surface area contributed by atoms with Gasteiger partial charge in [-0.15, -0.1) is 0 Å². The van der Waals surface area contributed by atoms with Gasteiger partial charge in [0.1, 0.15) is 0 Å². The lowest BCUT2D eigenvalue weighted by molar-refractivity contribution is 0.234. The van der Waals surface area contributed by atoms with Crippen LogP contribution in [0.3, 0.4) is 0 Å². The van der Waals surface area contributed by atoms with E-state index in [0.717, 1.165) is 30.5 Å². The van der Waals surface area contributed by atoms with E-state index in [2.05, 4.69) is 10.6 Å². The summed E-state index contributed by atoms with van der Waals surface area (Å²) in [5.74, 6) is 0. The molecule has 0 unspecified atom stereocenters. The number of rotatable bonds is 6. The third kappa shape index (κ3) is 5.11. The van der Waals surface area contributed by atoms with Crippen LogP contribution in [0.15, 0.2) is 59.5 Å². The second-order valence-electron chi connectivity index (χ2n) is 7.11. The molecule has 3 rings (SSSR count). The zero-order chi connectivity index (χ0) is 20.0. The number of hydrogen-bond acceptors (Lipinski definition) is 3. The number of amides is 2. The van der Waals surface area contributed by atoms with Crippen molar-refractivity contribution in [1.29, 1.82) is 0 Å². The fourth-order valence-corrected chi connectivity index (χ4v) is 5.22. The molecule has 0 radical (unpaired) electrons. The normalized spacial score (nSPS) is 17.8. The monoisotopic (exact) mass is 401 g/mol. The van der Waals surface area contributed by atoms with E-state index >= 15 is 0 Å². The molecule has 0 bridgehead atoms. The third-order valence-corrected chi connectivity index (χ3v) is 6.96. The van der Waals surface area contributed by atoms with Gasteiger partial charge in [-0.2, -0.15) is 4.31 Å². The van der Waals surface area contributed by atoms with Crippen molar-refractivity contribution in [3.8, 4) is 0 Å². The summed E-state index contributed by atoms with van der Waals surface area (Å²) < 4.78 is 27.6. The predicted octanol–water partition coefficient (Wildman–Crippen LogP) is 3.75. The number of carbonyl (C=O) groups excluding carboxylic acids is 1. The summed E-state index contributed by atoms with van der Waals surface area (Å²) in [6.45, 7) is 2.93. The molecule has 6 nitrogen and oxygen atoms in total. The van der Waals surface area contributed by atoms with Crippen LogP contribution in [-0.2, 0) is 10.0 Å². The van der Waals surface area contributed by atoms with E-state index in [1.165, 1.54) is 0 Å². The fraction of sp³-hybridized carbons (Fsp3) is 0.381. The second-order valence-corrected chi connectivity index (χ2v) is 9.00. The SMILES string of the molecule is Cc1ccc(NC(=O)NCC[C@@H]2CCCCN2S(=O)(=O)c2ccccc2)cc1. The first-order valence-corrected chi connectivity index (χ1v) is 11.1. The molecule has 1 heterocycles. The highest BCUT2D eigenvalue weighted by atomic mass is 32.2. The Hall–Kier alpha value is -2.38. The van der Waals surface area contributed by atoms with Gasteiger partial charge in [-0.3, -0.25) is 0 Å². The minimum absolute atomic E-state index is 0.0985. The Morgan fingerprint density at radius 1 is 1.07 bits per heavy atom. The van der Waals surface area contributed by atoms with Crippen molar-refractivity contribution in [2.24, 2.45) is 0 Å². The summed E-state index contributed by atoms with van der Waals surface area (Å²) in [5, 5.41) is 5.63. The molecule has 0 aliphatic carbocycles.